The topological polar surface area (TPSA) is 105 Å². The molecule has 32 heavy (non-hydrogen) atoms. The zero-order valence-electron chi connectivity index (χ0n) is 20.2. The van der Waals surface area contributed by atoms with Gasteiger partial charge in [-0.05, 0) is 26.3 Å². The molecule has 0 spiro atoms. The summed E-state index contributed by atoms with van der Waals surface area (Å²) >= 11 is 0. The van der Waals surface area contributed by atoms with Crippen LogP contribution in [0.15, 0.2) is 36.9 Å². The fourth-order valence-electron chi connectivity index (χ4n) is 3.06. The lowest BCUT2D eigenvalue weighted by Crippen LogP contribution is -2.16. The number of methoxy groups -OCH3 is 2. The SMILES string of the molecule is C/C=C\C.C=CCCNc1c(CN)c(N)nc2c1Cc1cc(OC)c(OC)cc1O2.CC. The molecule has 0 amide bonds. The number of aromatic nitrogens is 1. The number of rotatable bonds is 7. The van der Waals surface area contributed by atoms with Gasteiger partial charge >= 0.3 is 0 Å². The molecule has 7 nitrogen and oxygen atoms in total. The number of anilines is 2. The van der Waals surface area contributed by atoms with E-state index in [4.69, 9.17) is 25.7 Å². The molecule has 2 aromatic rings. The maximum absolute atomic E-state index is 6.11. The fraction of sp³-hybridized carbons (Fsp3) is 0.400. The van der Waals surface area contributed by atoms with Gasteiger partial charge in [0.2, 0.25) is 5.88 Å². The monoisotopic (exact) mass is 442 g/mol. The van der Waals surface area contributed by atoms with Crippen LogP contribution in [-0.2, 0) is 13.0 Å². The number of benzene rings is 1. The van der Waals surface area contributed by atoms with Gasteiger partial charge in [0.25, 0.3) is 0 Å². The van der Waals surface area contributed by atoms with Gasteiger partial charge in [0.1, 0.15) is 11.6 Å². The van der Waals surface area contributed by atoms with E-state index in [2.05, 4.69) is 16.9 Å². The van der Waals surface area contributed by atoms with E-state index < -0.39 is 0 Å². The quantitative estimate of drug-likeness (QED) is 0.331. The average molecular weight is 443 g/mol. The first-order chi connectivity index (χ1) is 15.5. The first-order valence-corrected chi connectivity index (χ1v) is 10.9. The third-order valence-electron chi connectivity index (χ3n) is 4.72. The van der Waals surface area contributed by atoms with Gasteiger partial charge < -0.3 is 31.0 Å². The maximum Gasteiger partial charge on any atom is 0.226 e. The Morgan fingerprint density at radius 1 is 1.16 bits per heavy atom. The standard InChI is InChI=1S/C19H24N4O3.C4H8.C2H6/c1-4-5-6-22-17-12-7-11-8-15(24-2)16(25-3)9-14(11)26-19(12)23-18(21)13(17)10-20;1-3-4-2;1-2/h4,8-9H,1,5-7,10,20H2,2-3H3,(H3,21,22,23);3-4H,1-2H3;1-2H3/b;4-3-;. The molecule has 0 saturated carbocycles. The Labute approximate surface area is 192 Å². The predicted molar refractivity (Wildman–Crippen MR) is 134 cm³/mol. The van der Waals surface area contributed by atoms with Crippen LogP contribution in [0.3, 0.4) is 0 Å². The second kappa shape index (κ2) is 14.0. The lowest BCUT2D eigenvalue weighted by molar-refractivity contribution is 0.349. The lowest BCUT2D eigenvalue weighted by atomic mass is 9.98. The van der Waals surface area contributed by atoms with Crippen molar-refractivity contribution in [3.63, 3.8) is 0 Å². The molecule has 176 valence electrons. The highest BCUT2D eigenvalue weighted by Crippen LogP contribution is 2.45. The van der Waals surface area contributed by atoms with Crippen molar-refractivity contribution in [2.75, 3.05) is 31.8 Å². The minimum Gasteiger partial charge on any atom is -0.493 e. The molecule has 7 heteroatoms. The summed E-state index contributed by atoms with van der Waals surface area (Å²) in [5, 5.41) is 3.41. The van der Waals surface area contributed by atoms with Crippen LogP contribution >= 0.6 is 0 Å². The van der Waals surface area contributed by atoms with Gasteiger partial charge in [-0.3, -0.25) is 0 Å². The first-order valence-electron chi connectivity index (χ1n) is 10.9. The Hall–Kier alpha value is -3.19. The van der Waals surface area contributed by atoms with Crippen molar-refractivity contribution in [2.45, 2.75) is 47.1 Å². The van der Waals surface area contributed by atoms with Crippen LogP contribution in [0.4, 0.5) is 11.5 Å². The van der Waals surface area contributed by atoms with Crippen LogP contribution in [-0.4, -0.2) is 25.7 Å². The Morgan fingerprint density at radius 3 is 2.31 bits per heavy atom. The summed E-state index contributed by atoms with van der Waals surface area (Å²) in [6.45, 7) is 12.8. The largest absolute Gasteiger partial charge is 0.493 e. The molecule has 1 aliphatic heterocycles. The molecular formula is C25H38N4O3. The highest BCUT2D eigenvalue weighted by Gasteiger charge is 2.26. The third kappa shape index (κ3) is 6.40. The number of nitrogen functional groups attached to an aromatic ring is 1. The summed E-state index contributed by atoms with van der Waals surface area (Å²) in [5.41, 5.74) is 15.6. The van der Waals surface area contributed by atoms with Crippen LogP contribution in [0, 0.1) is 0 Å². The highest BCUT2D eigenvalue weighted by atomic mass is 16.5. The van der Waals surface area contributed by atoms with Crippen molar-refractivity contribution in [3.05, 3.63) is 53.6 Å². The second-order valence-electron chi connectivity index (χ2n) is 6.60. The third-order valence-corrected chi connectivity index (χ3v) is 4.72. The molecule has 0 fully saturated rings. The molecule has 3 rings (SSSR count). The number of nitrogens with one attached hydrogen (secondary N) is 1. The van der Waals surface area contributed by atoms with E-state index in [1.165, 1.54) is 0 Å². The molecule has 1 aromatic heterocycles. The summed E-state index contributed by atoms with van der Waals surface area (Å²) in [7, 11) is 3.20. The molecule has 1 aliphatic rings. The summed E-state index contributed by atoms with van der Waals surface area (Å²) < 4.78 is 16.8. The van der Waals surface area contributed by atoms with Gasteiger partial charge in [-0.15, -0.1) is 6.58 Å². The van der Waals surface area contributed by atoms with Crippen LogP contribution < -0.4 is 31.0 Å². The van der Waals surface area contributed by atoms with Crippen LogP contribution in [0.25, 0.3) is 0 Å². The molecule has 0 radical (unpaired) electrons. The van der Waals surface area contributed by atoms with Crippen molar-refractivity contribution in [1.82, 2.24) is 4.98 Å². The zero-order valence-corrected chi connectivity index (χ0v) is 20.2. The number of pyridine rings is 1. The molecule has 0 unspecified atom stereocenters. The minimum absolute atomic E-state index is 0.293. The van der Waals surface area contributed by atoms with Gasteiger partial charge in [-0.2, -0.15) is 4.98 Å². The van der Waals surface area contributed by atoms with Crippen LogP contribution in [0.1, 0.15) is 50.8 Å². The van der Waals surface area contributed by atoms with Gasteiger partial charge in [0.15, 0.2) is 11.5 Å². The molecule has 1 aromatic carbocycles. The Kier molecular flexibility index (Phi) is 11.7. The fourth-order valence-corrected chi connectivity index (χ4v) is 3.06. The van der Waals surface area contributed by atoms with E-state index in [1.807, 2.05) is 52.0 Å². The van der Waals surface area contributed by atoms with E-state index in [9.17, 15) is 0 Å². The first kappa shape index (κ1) is 26.8. The molecule has 0 bridgehead atoms. The molecule has 5 N–H and O–H groups in total. The Balaban J connectivity index is 0.000000769. The van der Waals surface area contributed by atoms with E-state index in [0.29, 0.717) is 41.9 Å². The molecule has 0 atom stereocenters. The van der Waals surface area contributed by atoms with Crippen molar-refractivity contribution in [2.24, 2.45) is 5.73 Å². The van der Waals surface area contributed by atoms with E-state index >= 15 is 0 Å². The van der Waals surface area contributed by atoms with Gasteiger partial charge in [-0.1, -0.05) is 32.1 Å². The van der Waals surface area contributed by atoms with Gasteiger partial charge in [-0.25, -0.2) is 0 Å². The van der Waals surface area contributed by atoms with E-state index in [1.54, 1.807) is 20.3 Å². The number of nitrogens with zero attached hydrogens (tertiary/aromatic N) is 1. The number of fused-ring (bicyclic) bond motifs is 2. The average Bonchev–Trinajstić information content (AvgIpc) is 2.83. The molecule has 0 aliphatic carbocycles. The van der Waals surface area contributed by atoms with Crippen LogP contribution in [0.2, 0.25) is 0 Å². The molecule has 0 saturated heterocycles. The Bertz CT molecular complexity index is 907. The van der Waals surface area contributed by atoms with E-state index in [-0.39, 0.29) is 0 Å². The van der Waals surface area contributed by atoms with Gasteiger partial charge in [0, 0.05) is 42.3 Å². The highest BCUT2D eigenvalue weighted by molar-refractivity contribution is 5.71. The summed E-state index contributed by atoms with van der Waals surface area (Å²) in [6.07, 6.45) is 7.31. The number of hydrogen-bond acceptors (Lipinski definition) is 7. The predicted octanol–water partition coefficient (Wildman–Crippen LogP) is 5.43. The van der Waals surface area contributed by atoms with Gasteiger partial charge in [0.05, 0.1) is 19.9 Å². The normalized spacial score (nSPS) is 11.0. The van der Waals surface area contributed by atoms with E-state index in [0.717, 1.165) is 35.3 Å². The summed E-state index contributed by atoms with van der Waals surface area (Å²) in [4.78, 5) is 4.41. The second-order valence-corrected chi connectivity index (χ2v) is 6.60. The zero-order chi connectivity index (χ0) is 24.1. The number of nitrogens with two attached hydrogens (primary N) is 2. The molecule has 2 heterocycles. The summed E-state index contributed by atoms with van der Waals surface area (Å²) in [5.74, 6) is 2.80. The van der Waals surface area contributed by atoms with Crippen LogP contribution in [0.5, 0.6) is 23.1 Å². The number of hydrogen-bond donors (Lipinski definition) is 3. The van der Waals surface area contributed by atoms with Crippen molar-refractivity contribution in [1.29, 1.82) is 0 Å². The molecular weight excluding hydrogens is 404 g/mol. The number of allylic oxidation sites excluding steroid dienone is 2. The minimum atomic E-state index is 0.293. The van der Waals surface area contributed by atoms with Crippen molar-refractivity contribution in [3.8, 4) is 23.1 Å². The smallest absolute Gasteiger partial charge is 0.226 e. The lowest BCUT2D eigenvalue weighted by Gasteiger charge is -2.25. The maximum atomic E-state index is 6.11. The number of ether oxygens (including phenoxy) is 3. The van der Waals surface area contributed by atoms with Crippen molar-refractivity contribution < 1.29 is 14.2 Å². The van der Waals surface area contributed by atoms with Crippen molar-refractivity contribution >= 4 is 11.5 Å². The Morgan fingerprint density at radius 2 is 1.78 bits per heavy atom. The summed E-state index contributed by atoms with van der Waals surface area (Å²) in [6, 6.07) is 3.72.